The summed E-state index contributed by atoms with van der Waals surface area (Å²) in [6, 6.07) is 43.2. The number of aliphatic carboxylic acids is 1. The summed E-state index contributed by atoms with van der Waals surface area (Å²) in [6.45, 7) is 0.0694. The molecule has 0 saturated carbocycles. The minimum Gasteiger partial charge on any atom is -0.544 e. The summed E-state index contributed by atoms with van der Waals surface area (Å²) < 4.78 is 2.68. The molecule has 1 N–H and O–H groups in total. The highest BCUT2D eigenvalue weighted by atomic mass is 16.4. The third-order valence-corrected chi connectivity index (χ3v) is 6.02. The summed E-state index contributed by atoms with van der Waals surface area (Å²) in [6.07, 6.45) is 0. The van der Waals surface area contributed by atoms with Gasteiger partial charge in [-0.1, -0.05) is 66.7 Å². The van der Waals surface area contributed by atoms with Crippen LogP contribution in [0.5, 0.6) is 5.75 Å². The molecule has 0 aliphatic rings. The van der Waals surface area contributed by atoms with E-state index in [1.54, 1.807) is 33.3 Å². The number of rotatable bonds is 6. The van der Waals surface area contributed by atoms with Crippen LogP contribution in [0.1, 0.15) is 0 Å². The highest BCUT2D eigenvalue weighted by Gasteiger charge is 2.24. The third kappa shape index (κ3) is 7.40. The van der Waals surface area contributed by atoms with E-state index in [0.717, 1.165) is 33.8 Å². The number of likely N-dealkylation sites (N-methyl/N-ethyl adjacent to an activating group) is 1. The van der Waals surface area contributed by atoms with E-state index in [2.05, 4.69) is 89.5 Å². The fraction of sp³-hybridized carbons (Fsp3) is 0.118. The minimum atomic E-state index is -1.00. The summed E-state index contributed by atoms with van der Waals surface area (Å²) in [5.74, 6) is -0.745. The van der Waals surface area contributed by atoms with E-state index >= 15 is 0 Å². The Morgan fingerprint density at radius 2 is 1.05 bits per heavy atom. The number of carbonyl (C=O) groups excluding carboxylic acids is 1. The molecule has 0 aliphatic heterocycles. The molecule has 1 aromatic heterocycles. The summed E-state index contributed by atoms with van der Waals surface area (Å²) in [7, 11) is 5.40. The lowest BCUT2D eigenvalue weighted by atomic mass is 9.98. The van der Waals surface area contributed by atoms with E-state index in [-0.39, 0.29) is 12.3 Å². The summed E-state index contributed by atoms with van der Waals surface area (Å²) >= 11 is 0. The normalized spacial score (nSPS) is 10.8. The number of aromatic hydroxyl groups is 1. The average molecular weight is 518 g/mol. The van der Waals surface area contributed by atoms with Gasteiger partial charge < -0.3 is 19.5 Å². The number of hydrogen-bond donors (Lipinski definition) is 1. The average Bonchev–Trinajstić information content (AvgIpc) is 2.93. The number of nitrogens with zero attached hydrogens (tertiary/aromatic N) is 2. The molecular formula is C34H33N2O3+. The van der Waals surface area contributed by atoms with E-state index in [4.69, 9.17) is 0 Å². The zero-order valence-corrected chi connectivity index (χ0v) is 22.5. The van der Waals surface area contributed by atoms with Crippen LogP contribution >= 0.6 is 0 Å². The summed E-state index contributed by atoms with van der Waals surface area (Å²) in [5.41, 5.74) is 7.77. The number of phenols is 1. The Morgan fingerprint density at radius 3 is 1.41 bits per heavy atom. The molecule has 0 unspecified atom stereocenters. The Hall–Kier alpha value is -4.74. The number of phenolic OH excluding ortho intramolecular Hbond substituents is 1. The molecular weight excluding hydrogens is 484 g/mol. The maximum absolute atomic E-state index is 9.89. The molecule has 0 bridgehead atoms. The van der Waals surface area contributed by atoms with Gasteiger partial charge in [0.25, 0.3) is 0 Å². The number of carboxylic acids is 1. The predicted molar refractivity (Wildman–Crippen MR) is 154 cm³/mol. The molecule has 0 saturated heterocycles. The number of pyridine rings is 1. The monoisotopic (exact) mass is 517 g/mol. The van der Waals surface area contributed by atoms with Crippen molar-refractivity contribution >= 4 is 5.97 Å². The first-order valence-electron chi connectivity index (χ1n) is 12.8. The molecule has 4 aromatic carbocycles. The van der Waals surface area contributed by atoms with Crippen molar-refractivity contribution in [1.82, 2.24) is 0 Å². The van der Waals surface area contributed by atoms with Gasteiger partial charge in [0.15, 0.2) is 0 Å². The second-order valence-corrected chi connectivity index (χ2v) is 10.3. The van der Waals surface area contributed by atoms with E-state index in [0.29, 0.717) is 4.48 Å². The van der Waals surface area contributed by atoms with Gasteiger partial charge in [0.1, 0.15) is 12.3 Å². The van der Waals surface area contributed by atoms with Gasteiger partial charge in [0.2, 0.25) is 17.1 Å². The van der Waals surface area contributed by atoms with Crippen molar-refractivity contribution in [2.45, 2.75) is 0 Å². The summed E-state index contributed by atoms with van der Waals surface area (Å²) in [5, 5.41) is 19.7. The fourth-order valence-corrected chi connectivity index (χ4v) is 4.30. The van der Waals surface area contributed by atoms with Crippen LogP contribution in [0.2, 0.25) is 0 Å². The van der Waals surface area contributed by atoms with Crippen molar-refractivity contribution in [3.8, 4) is 45.1 Å². The fourth-order valence-electron chi connectivity index (χ4n) is 4.30. The van der Waals surface area contributed by atoms with Gasteiger partial charge in [0.05, 0.1) is 27.1 Å². The zero-order chi connectivity index (χ0) is 27.8. The SMILES string of the molecule is C[N+](C)(C)CC(=O)[O-].Oc1ccc(-[n+]2c(-c3ccccc3)cc(-c3ccccc3)cc2-c2ccccc2)cc1. The van der Waals surface area contributed by atoms with Crippen LogP contribution in [0, 0.1) is 0 Å². The van der Waals surface area contributed by atoms with Crippen LogP contribution in [0.3, 0.4) is 0 Å². The molecule has 0 aliphatic carbocycles. The third-order valence-electron chi connectivity index (χ3n) is 6.02. The Kier molecular flexibility index (Phi) is 8.54. The van der Waals surface area contributed by atoms with Gasteiger partial charge in [-0.15, -0.1) is 0 Å². The van der Waals surface area contributed by atoms with Crippen molar-refractivity contribution < 1.29 is 24.1 Å². The van der Waals surface area contributed by atoms with Crippen LogP contribution in [0.25, 0.3) is 39.3 Å². The Balaban J connectivity index is 0.000000386. The number of carboxylic acid groups (broad SMARTS) is 1. The van der Waals surface area contributed by atoms with Crippen molar-refractivity contribution in [2.75, 3.05) is 27.7 Å². The Bertz CT molecular complexity index is 1450. The molecule has 1 heterocycles. The van der Waals surface area contributed by atoms with Crippen LogP contribution in [0.15, 0.2) is 127 Å². The predicted octanol–water partition coefficient (Wildman–Crippen LogP) is 5.11. The van der Waals surface area contributed by atoms with Crippen LogP contribution in [-0.2, 0) is 4.79 Å². The molecule has 0 radical (unpaired) electrons. The van der Waals surface area contributed by atoms with Crippen LogP contribution in [-0.4, -0.2) is 43.2 Å². The topological polar surface area (TPSA) is 64.2 Å². The number of carbonyl (C=O) groups is 1. The first-order valence-corrected chi connectivity index (χ1v) is 12.8. The van der Waals surface area contributed by atoms with Crippen molar-refractivity contribution in [1.29, 1.82) is 0 Å². The molecule has 5 aromatic rings. The number of aromatic nitrogens is 1. The second-order valence-electron chi connectivity index (χ2n) is 10.3. The molecule has 0 fully saturated rings. The Labute approximate surface area is 230 Å². The van der Waals surface area contributed by atoms with Crippen LogP contribution < -0.4 is 9.67 Å². The highest BCUT2D eigenvalue weighted by Crippen LogP contribution is 2.30. The molecule has 5 nitrogen and oxygen atoms in total. The van der Waals surface area contributed by atoms with Gasteiger partial charge in [-0.05, 0) is 47.5 Å². The zero-order valence-electron chi connectivity index (χ0n) is 22.5. The van der Waals surface area contributed by atoms with Gasteiger partial charge in [0, 0.05) is 35.4 Å². The maximum atomic E-state index is 9.89. The molecule has 5 rings (SSSR count). The smallest absolute Gasteiger partial charge is 0.219 e. The lowest BCUT2D eigenvalue weighted by Gasteiger charge is -2.23. The molecule has 196 valence electrons. The van der Waals surface area contributed by atoms with E-state index in [9.17, 15) is 15.0 Å². The molecule has 0 amide bonds. The van der Waals surface area contributed by atoms with E-state index < -0.39 is 5.97 Å². The summed E-state index contributed by atoms with van der Waals surface area (Å²) in [4.78, 5) is 9.89. The number of hydrogen-bond acceptors (Lipinski definition) is 3. The minimum absolute atomic E-state index is 0.0694. The van der Waals surface area contributed by atoms with Crippen molar-refractivity contribution in [3.05, 3.63) is 127 Å². The Morgan fingerprint density at radius 1 is 0.641 bits per heavy atom. The van der Waals surface area contributed by atoms with Crippen molar-refractivity contribution in [3.63, 3.8) is 0 Å². The molecule has 5 heteroatoms. The lowest BCUT2D eigenvalue weighted by Crippen LogP contribution is -2.45. The highest BCUT2D eigenvalue weighted by molar-refractivity contribution is 5.74. The molecule has 0 atom stereocenters. The first kappa shape index (κ1) is 27.3. The first-order chi connectivity index (χ1) is 18.7. The van der Waals surface area contributed by atoms with Gasteiger partial charge in [-0.3, -0.25) is 0 Å². The largest absolute Gasteiger partial charge is 0.544 e. The lowest BCUT2D eigenvalue weighted by molar-refractivity contribution is -0.864. The van der Waals surface area contributed by atoms with Gasteiger partial charge in [-0.25, -0.2) is 0 Å². The quantitative estimate of drug-likeness (QED) is 0.251. The molecule has 0 spiro atoms. The van der Waals surface area contributed by atoms with Gasteiger partial charge in [-0.2, -0.15) is 4.57 Å². The van der Waals surface area contributed by atoms with Crippen LogP contribution in [0.4, 0.5) is 0 Å². The van der Waals surface area contributed by atoms with Gasteiger partial charge >= 0.3 is 0 Å². The van der Waals surface area contributed by atoms with E-state index in [1.807, 2.05) is 30.3 Å². The van der Waals surface area contributed by atoms with Crippen molar-refractivity contribution in [2.24, 2.45) is 0 Å². The number of benzene rings is 4. The number of quaternary nitrogens is 1. The standard InChI is InChI=1S/C29H21NO.C5H11NO2/c31-27-18-16-26(17-19-27)30-28(23-12-6-2-7-13-23)20-25(22-10-4-1-5-11-22)21-29(30)24-14-8-3-9-15-24;1-6(2,3)4-5(7)8/h1-21H;4H2,1-3H3/p+1. The maximum Gasteiger partial charge on any atom is 0.219 e. The molecule has 39 heavy (non-hydrogen) atoms. The van der Waals surface area contributed by atoms with E-state index in [1.165, 1.54) is 5.56 Å². The second kappa shape index (κ2) is 12.2.